The van der Waals surface area contributed by atoms with Gasteiger partial charge in [-0.1, -0.05) is 34.6 Å². The van der Waals surface area contributed by atoms with E-state index in [2.05, 4.69) is 69.6 Å². The summed E-state index contributed by atoms with van der Waals surface area (Å²) < 4.78 is 19.8. The normalized spacial score (nSPS) is 16.0. The smallest absolute Gasteiger partial charge is 0.222 e. The molecule has 0 saturated heterocycles. The molecule has 1 aliphatic heterocycles. The van der Waals surface area contributed by atoms with Gasteiger partial charge in [-0.05, 0) is 73.4 Å². The molecule has 0 saturated carbocycles. The molecule has 0 bridgehead atoms. The lowest BCUT2D eigenvalue weighted by Crippen LogP contribution is -2.36. The van der Waals surface area contributed by atoms with Gasteiger partial charge in [-0.2, -0.15) is 4.40 Å². The molecule has 0 radical (unpaired) electrons. The van der Waals surface area contributed by atoms with Crippen molar-refractivity contribution in [3.8, 4) is 0 Å². The molecular formula is C27H33FN3+. The minimum Gasteiger partial charge on any atom is -0.222 e. The molecular weight excluding hydrogens is 385 g/mol. The van der Waals surface area contributed by atoms with Gasteiger partial charge in [-0.25, -0.2) is 13.9 Å². The van der Waals surface area contributed by atoms with Gasteiger partial charge in [-0.3, -0.25) is 0 Å². The summed E-state index contributed by atoms with van der Waals surface area (Å²) >= 11 is 0. The van der Waals surface area contributed by atoms with Gasteiger partial charge in [0.2, 0.25) is 5.82 Å². The molecule has 3 nitrogen and oxygen atoms in total. The van der Waals surface area contributed by atoms with Crippen LogP contribution in [0.25, 0.3) is 27.6 Å². The quantitative estimate of drug-likeness (QED) is 0.343. The monoisotopic (exact) mass is 418 g/mol. The maximum Gasteiger partial charge on any atom is 0.298 e. The van der Waals surface area contributed by atoms with Crippen molar-refractivity contribution in [2.24, 2.45) is 0 Å². The Morgan fingerprint density at radius 1 is 1.06 bits per heavy atom. The van der Waals surface area contributed by atoms with Gasteiger partial charge in [-0.15, -0.1) is 0 Å². The minimum absolute atomic E-state index is 0.0378. The number of nitrogens with zero attached hydrogens (tertiary/aromatic N) is 3. The van der Waals surface area contributed by atoms with Crippen molar-refractivity contribution >= 4 is 27.6 Å². The SMILES string of the molecule is CCC1(CC)CC[n+]2c3cc(C)c(C)cc3n3c(C(C)(C)C)nc4cc(F)cc1c4c32. The van der Waals surface area contributed by atoms with Gasteiger partial charge in [0.1, 0.15) is 5.82 Å². The number of imidazole rings is 1. The van der Waals surface area contributed by atoms with Gasteiger partial charge in [0.05, 0.1) is 17.4 Å². The molecule has 0 unspecified atom stereocenters. The van der Waals surface area contributed by atoms with Gasteiger partial charge < -0.3 is 0 Å². The van der Waals surface area contributed by atoms with Crippen LogP contribution >= 0.6 is 0 Å². The molecule has 5 rings (SSSR count). The third kappa shape index (κ3) is 2.69. The average molecular weight is 419 g/mol. The topological polar surface area (TPSA) is 21.2 Å². The Labute approximate surface area is 183 Å². The molecule has 0 atom stereocenters. The molecule has 1 aliphatic rings. The van der Waals surface area contributed by atoms with Crippen molar-refractivity contribution in [3.63, 3.8) is 0 Å². The first-order valence-electron chi connectivity index (χ1n) is 11.6. The lowest BCUT2D eigenvalue weighted by atomic mass is 9.72. The Kier molecular flexibility index (Phi) is 4.28. The van der Waals surface area contributed by atoms with Crippen molar-refractivity contribution in [3.05, 3.63) is 52.6 Å². The molecule has 0 N–H and O–H groups in total. The van der Waals surface area contributed by atoms with Crippen molar-refractivity contribution in [2.75, 3.05) is 0 Å². The maximum absolute atomic E-state index is 14.9. The second-order valence-electron chi connectivity index (χ2n) is 10.5. The Hall–Kier alpha value is -2.49. The predicted octanol–water partition coefficient (Wildman–Crippen LogP) is 6.44. The van der Waals surface area contributed by atoms with Crippen LogP contribution in [0.3, 0.4) is 0 Å². The Morgan fingerprint density at radius 3 is 2.39 bits per heavy atom. The second kappa shape index (κ2) is 6.51. The first kappa shape index (κ1) is 20.4. The molecule has 2 aromatic carbocycles. The first-order chi connectivity index (χ1) is 14.6. The zero-order valence-corrected chi connectivity index (χ0v) is 19.9. The summed E-state index contributed by atoms with van der Waals surface area (Å²) in [5.41, 5.74) is 7.91. The summed E-state index contributed by atoms with van der Waals surface area (Å²) in [5.74, 6) is 0.806. The fraction of sp³-hybridized carbons (Fsp3) is 0.481. The fourth-order valence-electron chi connectivity index (χ4n) is 5.66. The number of halogens is 1. The molecule has 0 amide bonds. The summed E-state index contributed by atoms with van der Waals surface area (Å²) in [6.45, 7) is 16.4. The van der Waals surface area contributed by atoms with Crippen LogP contribution < -0.4 is 4.57 Å². The van der Waals surface area contributed by atoms with Crippen LogP contribution in [0.2, 0.25) is 0 Å². The Bertz CT molecular complexity index is 1370. The number of hydrogen-bond acceptors (Lipinski definition) is 1. The van der Waals surface area contributed by atoms with Crippen LogP contribution in [0.5, 0.6) is 0 Å². The predicted molar refractivity (Wildman–Crippen MR) is 125 cm³/mol. The van der Waals surface area contributed by atoms with Crippen molar-refractivity contribution in [2.45, 2.75) is 85.1 Å². The van der Waals surface area contributed by atoms with Crippen molar-refractivity contribution in [1.29, 1.82) is 0 Å². The Balaban J connectivity index is 2.13. The third-order valence-corrected chi connectivity index (χ3v) is 7.74. The zero-order chi connectivity index (χ0) is 22.3. The maximum atomic E-state index is 14.9. The lowest BCUT2D eigenvalue weighted by Gasteiger charge is -2.31. The standard InChI is InChI=1S/C27H33FN3/c1-8-27(9-2)10-11-30-21-12-16(3)17(4)13-22(21)31-24(30)23-19(27)14-18(28)15-20(23)29-25(31)26(5,6)7/h12-15H,8-11H2,1-7H3/q+1. The zero-order valence-electron chi connectivity index (χ0n) is 19.9. The largest absolute Gasteiger partial charge is 0.298 e. The highest BCUT2D eigenvalue weighted by atomic mass is 19.1. The molecule has 31 heavy (non-hydrogen) atoms. The number of aromatic nitrogens is 3. The summed E-state index contributed by atoms with van der Waals surface area (Å²) in [6, 6.07) is 8.05. The third-order valence-electron chi connectivity index (χ3n) is 7.74. The first-order valence-corrected chi connectivity index (χ1v) is 11.6. The van der Waals surface area contributed by atoms with Crippen LogP contribution in [0, 0.1) is 19.7 Å². The van der Waals surface area contributed by atoms with E-state index in [0.717, 1.165) is 48.1 Å². The van der Waals surface area contributed by atoms with Crippen LogP contribution in [0.4, 0.5) is 4.39 Å². The van der Waals surface area contributed by atoms with E-state index in [4.69, 9.17) is 4.98 Å². The number of benzene rings is 2. The fourth-order valence-corrected chi connectivity index (χ4v) is 5.66. The van der Waals surface area contributed by atoms with Gasteiger partial charge in [0.15, 0.2) is 11.0 Å². The van der Waals surface area contributed by atoms with E-state index in [1.807, 2.05) is 0 Å². The van der Waals surface area contributed by atoms with E-state index in [1.165, 1.54) is 27.8 Å². The van der Waals surface area contributed by atoms with Crippen LogP contribution in [0.15, 0.2) is 24.3 Å². The minimum atomic E-state index is -0.179. The summed E-state index contributed by atoms with van der Waals surface area (Å²) in [5, 5.41) is 1.13. The van der Waals surface area contributed by atoms with Crippen molar-refractivity contribution in [1.82, 2.24) is 9.38 Å². The van der Waals surface area contributed by atoms with Crippen LogP contribution in [-0.4, -0.2) is 9.38 Å². The van der Waals surface area contributed by atoms with Gasteiger partial charge in [0, 0.05) is 11.5 Å². The van der Waals surface area contributed by atoms with Gasteiger partial charge >= 0.3 is 0 Å². The van der Waals surface area contributed by atoms with Crippen molar-refractivity contribution < 1.29 is 8.96 Å². The van der Waals surface area contributed by atoms with Crippen LogP contribution in [0.1, 0.15) is 76.4 Å². The summed E-state index contributed by atoms with van der Waals surface area (Å²) in [7, 11) is 0. The molecule has 4 aromatic rings. The number of hydrogen-bond donors (Lipinski definition) is 0. The molecule has 0 spiro atoms. The van der Waals surface area contributed by atoms with E-state index in [0.29, 0.717) is 0 Å². The van der Waals surface area contributed by atoms with E-state index in [-0.39, 0.29) is 16.6 Å². The summed E-state index contributed by atoms with van der Waals surface area (Å²) in [4.78, 5) is 5.13. The second-order valence-corrected chi connectivity index (χ2v) is 10.5. The lowest BCUT2D eigenvalue weighted by molar-refractivity contribution is -0.646. The van der Waals surface area contributed by atoms with E-state index < -0.39 is 0 Å². The molecule has 0 aliphatic carbocycles. The highest BCUT2D eigenvalue weighted by Crippen LogP contribution is 2.43. The highest BCUT2D eigenvalue weighted by molar-refractivity contribution is 5.97. The van der Waals surface area contributed by atoms with Crippen LogP contribution in [-0.2, 0) is 17.4 Å². The molecule has 3 heterocycles. The molecule has 4 heteroatoms. The molecule has 0 fully saturated rings. The number of rotatable bonds is 2. The summed E-state index contributed by atoms with van der Waals surface area (Å²) in [6.07, 6.45) is 3.00. The molecule has 2 aromatic heterocycles. The van der Waals surface area contributed by atoms with E-state index in [9.17, 15) is 4.39 Å². The Morgan fingerprint density at radius 2 is 1.74 bits per heavy atom. The highest BCUT2D eigenvalue weighted by Gasteiger charge is 2.40. The molecule has 162 valence electrons. The number of fused-ring (bicyclic) bond motifs is 3. The van der Waals surface area contributed by atoms with Gasteiger partial charge in [0.25, 0.3) is 5.65 Å². The average Bonchev–Trinajstić information content (AvgIpc) is 2.92. The number of aryl methyl sites for hydroxylation is 3. The van der Waals surface area contributed by atoms with E-state index in [1.54, 1.807) is 12.1 Å². The van der Waals surface area contributed by atoms with E-state index >= 15 is 0 Å².